The Morgan fingerprint density at radius 1 is 1.18 bits per heavy atom. The van der Waals surface area contributed by atoms with Gasteiger partial charge in [0.25, 0.3) is 0 Å². The van der Waals surface area contributed by atoms with Crippen molar-refractivity contribution in [2.24, 2.45) is 5.92 Å². The zero-order valence-corrected chi connectivity index (χ0v) is 23.8. The summed E-state index contributed by atoms with van der Waals surface area (Å²) < 4.78 is 27.5. The summed E-state index contributed by atoms with van der Waals surface area (Å²) in [4.78, 5) is 35.1. The third-order valence-electron chi connectivity index (χ3n) is 7.55. The van der Waals surface area contributed by atoms with Crippen molar-refractivity contribution in [3.63, 3.8) is 0 Å². The van der Waals surface area contributed by atoms with Crippen molar-refractivity contribution in [3.8, 4) is 0 Å². The van der Waals surface area contributed by atoms with Gasteiger partial charge in [0.15, 0.2) is 0 Å². The number of epoxide rings is 1. The number of hydrogen-bond donors (Lipinski definition) is 2. The highest BCUT2D eigenvalue weighted by Crippen LogP contribution is 2.43. The normalized spacial score (nSPS) is 35.7. The Morgan fingerprint density at radius 2 is 1.90 bits per heavy atom. The Kier molecular flexibility index (Phi) is 10.9. The van der Waals surface area contributed by atoms with E-state index < -0.39 is 29.9 Å². The van der Waals surface area contributed by atoms with Gasteiger partial charge in [-0.1, -0.05) is 30.7 Å². The van der Waals surface area contributed by atoms with Crippen molar-refractivity contribution in [2.75, 3.05) is 13.7 Å². The molecule has 3 saturated heterocycles. The summed E-state index contributed by atoms with van der Waals surface area (Å²) in [5.41, 5.74) is 0.352. The molecule has 218 valence electrons. The molecule has 3 aliphatic rings. The van der Waals surface area contributed by atoms with Gasteiger partial charge in [-0.05, 0) is 45.6 Å². The topological polar surface area (TPSA) is 133 Å². The van der Waals surface area contributed by atoms with Crippen molar-refractivity contribution in [3.05, 3.63) is 36.0 Å². The highest BCUT2D eigenvalue weighted by molar-refractivity contribution is 5.87. The van der Waals surface area contributed by atoms with Crippen LogP contribution in [0.15, 0.2) is 36.0 Å². The molecule has 0 aromatic rings. The second-order valence-corrected chi connectivity index (χ2v) is 10.9. The summed E-state index contributed by atoms with van der Waals surface area (Å²) >= 11 is 0. The predicted octanol–water partition coefficient (Wildman–Crippen LogP) is 2.54. The van der Waals surface area contributed by atoms with Crippen molar-refractivity contribution in [1.29, 1.82) is 0 Å². The Bertz CT molecular complexity index is 970. The minimum absolute atomic E-state index is 0.000115. The highest BCUT2D eigenvalue weighted by atomic mass is 16.6. The third kappa shape index (κ3) is 8.99. The number of amides is 1. The fourth-order valence-electron chi connectivity index (χ4n) is 5.16. The lowest BCUT2D eigenvalue weighted by molar-refractivity contribution is -0.157. The van der Waals surface area contributed by atoms with Crippen LogP contribution in [0.25, 0.3) is 0 Å². The maximum absolute atomic E-state index is 12.3. The van der Waals surface area contributed by atoms with Gasteiger partial charge in [0.2, 0.25) is 5.91 Å². The van der Waals surface area contributed by atoms with Crippen LogP contribution in [-0.4, -0.2) is 84.9 Å². The minimum Gasteiger partial charge on any atom is -0.469 e. The molecular formula is C29H43NO9. The number of aliphatic hydroxyl groups is 1. The number of carbonyl (C=O) groups is 3. The molecule has 10 heteroatoms. The molecule has 0 aliphatic carbocycles. The van der Waals surface area contributed by atoms with Crippen molar-refractivity contribution < 1.29 is 43.2 Å². The quantitative estimate of drug-likeness (QED) is 0.183. The average Bonchev–Trinajstić information content (AvgIpc) is 3.64. The molecule has 3 rings (SSSR count). The lowest BCUT2D eigenvalue weighted by Crippen LogP contribution is -2.50. The molecule has 1 spiro atoms. The summed E-state index contributed by atoms with van der Waals surface area (Å²) in [5, 5.41) is 13.7. The molecule has 0 saturated carbocycles. The molecule has 1 unspecified atom stereocenters. The Balaban J connectivity index is 1.50. The fourth-order valence-corrected chi connectivity index (χ4v) is 5.16. The maximum atomic E-state index is 12.3. The van der Waals surface area contributed by atoms with Gasteiger partial charge in [0.05, 0.1) is 44.5 Å². The predicted molar refractivity (Wildman–Crippen MR) is 143 cm³/mol. The van der Waals surface area contributed by atoms with Crippen molar-refractivity contribution >= 4 is 17.8 Å². The first-order valence-corrected chi connectivity index (χ1v) is 13.6. The SMILES string of the molecule is COC(=O)C[C@@H]1CC2(CO2)[C@H](O)[C@@H](/C=C/C(C)=C/C[C@@H]2O[C@H](C)[C@H](NC(=O)/C=C\[C@H](C)OC(C)=O)C[C@@H]2C)O1. The van der Waals surface area contributed by atoms with Gasteiger partial charge in [-0.25, -0.2) is 0 Å². The Morgan fingerprint density at radius 3 is 2.54 bits per heavy atom. The number of methoxy groups -OCH3 is 1. The molecule has 3 aliphatic heterocycles. The van der Waals surface area contributed by atoms with E-state index in [2.05, 4.69) is 18.3 Å². The van der Waals surface area contributed by atoms with E-state index in [0.29, 0.717) is 19.4 Å². The van der Waals surface area contributed by atoms with E-state index in [1.165, 1.54) is 20.1 Å². The number of carbonyl (C=O) groups excluding carboxylic acids is 3. The number of nitrogens with one attached hydrogen (secondary N) is 1. The molecule has 1 amide bonds. The maximum Gasteiger partial charge on any atom is 0.308 e. The first-order chi connectivity index (χ1) is 18.4. The zero-order valence-electron chi connectivity index (χ0n) is 23.8. The lowest BCUT2D eigenvalue weighted by atomic mass is 9.87. The highest BCUT2D eigenvalue weighted by Gasteiger charge is 2.58. The van der Waals surface area contributed by atoms with E-state index in [1.807, 2.05) is 26.0 Å². The van der Waals surface area contributed by atoms with Crippen molar-refractivity contribution in [2.45, 2.75) is 109 Å². The lowest BCUT2D eigenvalue weighted by Gasteiger charge is -2.39. The molecular weight excluding hydrogens is 506 g/mol. The van der Waals surface area contributed by atoms with Crippen LogP contribution in [0.4, 0.5) is 0 Å². The second kappa shape index (κ2) is 13.7. The van der Waals surface area contributed by atoms with Gasteiger partial charge in [-0.2, -0.15) is 0 Å². The number of esters is 2. The molecule has 0 bridgehead atoms. The van der Waals surface area contributed by atoms with Crippen LogP contribution >= 0.6 is 0 Å². The molecule has 9 atom stereocenters. The van der Waals surface area contributed by atoms with Gasteiger partial charge in [0, 0.05) is 19.4 Å². The van der Waals surface area contributed by atoms with E-state index in [-0.39, 0.29) is 48.6 Å². The number of allylic oxidation sites excluding steroid dienone is 2. The molecule has 10 nitrogen and oxygen atoms in total. The van der Waals surface area contributed by atoms with Crippen LogP contribution in [0.5, 0.6) is 0 Å². The first kappa shape index (κ1) is 31.0. The minimum atomic E-state index is -0.801. The summed E-state index contributed by atoms with van der Waals surface area (Å²) in [5.74, 6) is -0.779. The summed E-state index contributed by atoms with van der Waals surface area (Å²) in [6, 6.07) is -0.123. The standard InChI is InChI=1S/C29H43NO9/c1-17(8-11-25-28(34)29(16-36-29)15-22(39-25)14-27(33)35-6)7-10-24-18(2)13-23(20(4)38-24)30-26(32)12-9-19(3)37-21(5)31/h7-9,11-12,18-20,22-25,28,34H,10,13-16H2,1-6H3,(H,30,32)/b11-8+,12-9-,17-7+/t18-,19-,20+,22+,23+,24-,25+,28+,29?/m0/s1. The van der Waals surface area contributed by atoms with E-state index in [9.17, 15) is 19.5 Å². The molecule has 0 aromatic heterocycles. The Hall–Kier alpha value is -2.53. The van der Waals surface area contributed by atoms with Crippen LogP contribution < -0.4 is 5.32 Å². The van der Waals surface area contributed by atoms with Crippen LogP contribution in [0.2, 0.25) is 0 Å². The van der Waals surface area contributed by atoms with Gasteiger partial charge >= 0.3 is 11.9 Å². The second-order valence-electron chi connectivity index (χ2n) is 10.9. The molecule has 3 heterocycles. The molecule has 3 fully saturated rings. The van der Waals surface area contributed by atoms with Crippen molar-refractivity contribution in [1.82, 2.24) is 5.32 Å². The summed E-state index contributed by atoms with van der Waals surface area (Å²) in [6.07, 6.45) is 8.42. The summed E-state index contributed by atoms with van der Waals surface area (Å²) in [6.45, 7) is 9.51. The molecule has 0 radical (unpaired) electrons. The van der Waals surface area contributed by atoms with Gasteiger partial charge in [-0.3, -0.25) is 14.4 Å². The van der Waals surface area contributed by atoms with E-state index >= 15 is 0 Å². The smallest absolute Gasteiger partial charge is 0.308 e. The van der Waals surface area contributed by atoms with E-state index in [4.69, 9.17) is 23.7 Å². The van der Waals surface area contributed by atoms with E-state index in [0.717, 1.165) is 12.0 Å². The third-order valence-corrected chi connectivity index (χ3v) is 7.55. The zero-order chi connectivity index (χ0) is 28.7. The largest absolute Gasteiger partial charge is 0.469 e. The number of ether oxygens (including phenoxy) is 5. The average molecular weight is 550 g/mol. The Labute approximate surface area is 230 Å². The van der Waals surface area contributed by atoms with Crippen LogP contribution in [0.1, 0.15) is 60.3 Å². The van der Waals surface area contributed by atoms with Gasteiger partial charge in [-0.15, -0.1) is 0 Å². The molecule has 39 heavy (non-hydrogen) atoms. The molecule has 0 aromatic carbocycles. The fraction of sp³-hybridized carbons (Fsp3) is 0.690. The van der Waals surface area contributed by atoms with E-state index in [1.54, 1.807) is 13.0 Å². The van der Waals surface area contributed by atoms with Gasteiger partial charge in [0.1, 0.15) is 23.9 Å². The van der Waals surface area contributed by atoms with Crippen LogP contribution in [0.3, 0.4) is 0 Å². The molecule has 2 N–H and O–H groups in total. The van der Waals surface area contributed by atoms with Crippen LogP contribution in [0, 0.1) is 5.92 Å². The number of aliphatic hydroxyl groups excluding tert-OH is 1. The van der Waals surface area contributed by atoms with Crippen LogP contribution in [-0.2, 0) is 38.1 Å². The monoisotopic (exact) mass is 549 g/mol. The number of rotatable bonds is 10. The van der Waals surface area contributed by atoms with Gasteiger partial charge < -0.3 is 34.1 Å². The summed E-state index contributed by atoms with van der Waals surface area (Å²) in [7, 11) is 1.34. The first-order valence-electron chi connectivity index (χ1n) is 13.6. The number of hydrogen-bond acceptors (Lipinski definition) is 9.